The molecule has 2 heterocycles. The minimum Gasteiger partial charge on any atom is -0.481 e. The zero-order valence-corrected chi connectivity index (χ0v) is 12.4. The van der Waals surface area contributed by atoms with Crippen molar-refractivity contribution in [1.29, 1.82) is 0 Å². The maximum atomic E-state index is 11.3. The Bertz CT molecular complexity index is 912. The number of para-hydroxylation sites is 2. The molecule has 0 amide bonds. The molecule has 0 fully saturated rings. The van der Waals surface area contributed by atoms with Crippen LogP contribution in [0.25, 0.3) is 10.9 Å². The smallest absolute Gasteiger partial charge is 0.309 e. The van der Waals surface area contributed by atoms with Crippen molar-refractivity contribution in [3.05, 3.63) is 65.9 Å². The van der Waals surface area contributed by atoms with E-state index in [0.717, 1.165) is 27.8 Å². The number of nitrogens with one attached hydrogen (secondary N) is 1. The number of H-pyrrole nitrogens is 1. The lowest BCUT2D eigenvalue weighted by atomic mass is 10.0. The quantitative estimate of drug-likeness (QED) is 0.779. The SMILES string of the molecule is O=C(O)CC1=NN(c2ccccc2)Cc2[nH]c3ccccc3c21. The maximum absolute atomic E-state index is 11.3. The number of hydrogen-bond donors (Lipinski definition) is 2. The first-order valence-corrected chi connectivity index (χ1v) is 7.44. The minimum absolute atomic E-state index is 0.0990. The molecule has 4 rings (SSSR count). The van der Waals surface area contributed by atoms with Gasteiger partial charge < -0.3 is 10.1 Å². The standard InChI is InChI=1S/C18H15N3O2/c22-17(23)10-15-18-13-8-4-5-9-14(13)19-16(18)11-21(20-15)12-6-2-1-3-7-12/h1-9,19H,10-11H2,(H,22,23). The fourth-order valence-corrected chi connectivity index (χ4v) is 3.04. The molecule has 3 aromatic rings. The average Bonchev–Trinajstić information content (AvgIpc) is 2.93. The Morgan fingerprint density at radius 3 is 2.65 bits per heavy atom. The van der Waals surface area contributed by atoms with Crippen LogP contribution in [0.15, 0.2) is 59.7 Å². The number of nitrogens with zero attached hydrogens (tertiary/aromatic N) is 2. The Kier molecular flexibility index (Phi) is 3.12. The van der Waals surface area contributed by atoms with Gasteiger partial charge in [-0.2, -0.15) is 5.10 Å². The normalized spacial score (nSPS) is 13.7. The molecule has 0 unspecified atom stereocenters. The van der Waals surface area contributed by atoms with E-state index in [9.17, 15) is 9.90 Å². The minimum atomic E-state index is -0.880. The lowest BCUT2D eigenvalue weighted by Crippen LogP contribution is -2.26. The summed E-state index contributed by atoms with van der Waals surface area (Å²) in [5.41, 5.74) is 4.46. The molecule has 0 atom stereocenters. The molecule has 0 saturated heterocycles. The van der Waals surface area contributed by atoms with E-state index in [2.05, 4.69) is 10.1 Å². The summed E-state index contributed by atoms with van der Waals surface area (Å²) in [7, 11) is 0. The summed E-state index contributed by atoms with van der Waals surface area (Å²) in [4.78, 5) is 14.7. The van der Waals surface area contributed by atoms with Crippen LogP contribution in [0.5, 0.6) is 0 Å². The first-order chi connectivity index (χ1) is 11.2. The average molecular weight is 305 g/mol. The highest BCUT2D eigenvalue weighted by atomic mass is 16.4. The molecule has 0 aliphatic carbocycles. The van der Waals surface area contributed by atoms with Gasteiger partial charge in [-0.25, -0.2) is 0 Å². The van der Waals surface area contributed by atoms with Crippen molar-refractivity contribution < 1.29 is 9.90 Å². The van der Waals surface area contributed by atoms with Gasteiger partial charge in [0.1, 0.15) is 0 Å². The molecule has 0 bridgehead atoms. The Hall–Kier alpha value is -3.08. The van der Waals surface area contributed by atoms with Crippen molar-refractivity contribution in [2.24, 2.45) is 5.10 Å². The number of aromatic amines is 1. The van der Waals surface area contributed by atoms with Gasteiger partial charge >= 0.3 is 5.97 Å². The van der Waals surface area contributed by atoms with E-state index in [1.165, 1.54) is 0 Å². The molecule has 2 aromatic carbocycles. The van der Waals surface area contributed by atoms with Crippen LogP contribution >= 0.6 is 0 Å². The zero-order valence-electron chi connectivity index (χ0n) is 12.4. The molecular formula is C18H15N3O2. The summed E-state index contributed by atoms with van der Waals surface area (Å²) < 4.78 is 0. The highest BCUT2D eigenvalue weighted by Gasteiger charge is 2.25. The number of fused-ring (bicyclic) bond motifs is 3. The third-order valence-electron chi connectivity index (χ3n) is 3.99. The van der Waals surface area contributed by atoms with Crippen molar-refractivity contribution in [3.63, 3.8) is 0 Å². The Balaban J connectivity index is 1.87. The third-order valence-corrected chi connectivity index (χ3v) is 3.99. The van der Waals surface area contributed by atoms with Crippen molar-refractivity contribution in [3.8, 4) is 0 Å². The number of anilines is 1. The van der Waals surface area contributed by atoms with E-state index in [1.807, 2.05) is 59.6 Å². The van der Waals surface area contributed by atoms with Gasteiger partial charge in [-0.15, -0.1) is 0 Å². The fraction of sp³-hybridized carbons (Fsp3) is 0.111. The van der Waals surface area contributed by atoms with E-state index in [4.69, 9.17) is 0 Å². The van der Waals surface area contributed by atoms with Gasteiger partial charge in [-0.3, -0.25) is 9.80 Å². The third kappa shape index (κ3) is 2.36. The summed E-state index contributed by atoms with van der Waals surface area (Å²) in [5, 5.41) is 16.7. The highest BCUT2D eigenvalue weighted by molar-refractivity contribution is 6.17. The predicted octanol–water partition coefficient (Wildman–Crippen LogP) is 3.37. The molecule has 5 nitrogen and oxygen atoms in total. The summed E-state index contributed by atoms with van der Waals surface area (Å²) in [6.45, 7) is 0.594. The van der Waals surface area contributed by atoms with Crippen LogP contribution < -0.4 is 5.01 Å². The molecule has 1 aromatic heterocycles. The van der Waals surface area contributed by atoms with Crippen LogP contribution in [0.2, 0.25) is 0 Å². The molecule has 5 heteroatoms. The van der Waals surface area contributed by atoms with Gasteiger partial charge in [0.15, 0.2) is 0 Å². The molecule has 2 N–H and O–H groups in total. The molecule has 0 radical (unpaired) electrons. The number of aromatic nitrogens is 1. The number of hydrogen-bond acceptors (Lipinski definition) is 3. The van der Waals surface area contributed by atoms with Crippen LogP contribution in [0, 0.1) is 0 Å². The summed E-state index contributed by atoms with van der Waals surface area (Å²) in [5.74, 6) is -0.880. The van der Waals surface area contributed by atoms with E-state index in [-0.39, 0.29) is 6.42 Å². The number of carboxylic acids is 1. The number of aliphatic carboxylic acids is 1. The molecule has 114 valence electrons. The van der Waals surface area contributed by atoms with Crippen LogP contribution in [0.1, 0.15) is 17.7 Å². The topological polar surface area (TPSA) is 68.7 Å². The van der Waals surface area contributed by atoms with Crippen LogP contribution in [-0.4, -0.2) is 21.8 Å². The Labute approximate surface area is 132 Å². The first kappa shape index (κ1) is 13.6. The lowest BCUT2D eigenvalue weighted by molar-refractivity contribution is -0.135. The first-order valence-electron chi connectivity index (χ1n) is 7.44. The van der Waals surface area contributed by atoms with Crippen molar-refractivity contribution in [1.82, 2.24) is 4.98 Å². The van der Waals surface area contributed by atoms with Gasteiger partial charge in [0.05, 0.1) is 24.4 Å². The van der Waals surface area contributed by atoms with Crippen LogP contribution in [0.3, 0.4) is 0 Å². The summed E-state index contributed by atoms with van der Waals surface area (Å²) >= 11 is 0. The van der Waals surface area contributed by atoms with E-state index < -0.39 is 5.97 Å². The predicted molar refractivity (Wildman–Crippen MR) is 89.7 cm³/mol. The van der Waals surface area contributed by atoms with Gasteiger partial charge in [-0.1, -0.05) is 36.4 Å². The molecule has 1 aliphatic rings. The van der Waals surface area contributed by atoms with Crippen molar-refractivity contribution in [2.75, 3.05) is 5.01 Å². The second kappa shape index (κ2) is 5.28. The van der Waals surface area contributed by atoms with Gasteiger partial charge in [-0.05, 0) is 18.2 Å². The summed E-state index contributed by atoms with van der Waals surface area (Å²) in [6, 6.07) is 17.7. The van der Waals surface area contributed by atoms with Gasteiger partial charge in [0.25, 0.3) is 0 Å². The molecule has 1 aliphatic heterocycles. The zero-order chi connectivity index (χ0) is 15.8. The fourth-order valence-electron chi connectivity index (χ4n) is 3.04. The number of carbonyl (C=O) groups is 1. The second-order valence-electron chi connectivity index (χ2n) is 5.53. The summed E-state index contributed by atoms with van der Waals surface area (Å²) in [6.07, 6.45) is -0.0990. The Morgan fingerprint density at radius 1 is 1.13 bits per heavy atom. The molecule has 23 heavy (non-hydrogen) atoms. The monoisotopic (exact) mass is 305 g/mol. The maximum Gasteiger partial charge on any atom is 0.309 e. The second-order valence-corrected chi connectivity index (χ2v) is 5.53. The number of carboxylic acid groups (broad SMARTS) is 1. The molecule has 0 saturated carbocycles. The Morgan fingerprint density at radius 2 is 1.87 bits per heavy atom. The van der Waals surface area contributed by atoms with Crippen LogP contribution in [-0.2, 0) is 11.3 Å². The number of benzene rings is 2. The van der Waals surface area contributed by atoms with E-state index in [0.29, 0.717) is 12.3 Å². The number of hydrazone groups is 1. The lowest BCUT2D eigenvalue weighted by Gasteiger charge is -2.25. The highest BCUT2D eigenvalue weighted by Crippen LogP contribution is 2.30. The van der Waals surface area contributed by atoms with E-state index in [1.54, 1.807) is 0 Å². The largest absolute Gasteiger partial charge is 0.481 e. The molecule has 0 spiro atoms. The molecular weight excluding hydrogens is 290 g/mol. The van der Waals surface area contributed by atoms with Gasteiger partial charge in [0.2, 0.25) is 0 Å². The van der Waals surface area contributed by atoms with E-state index >= 15 is 0 Å². The van der Waals surface area contributed by atoms with Gasteiger partial charge in [0, 0.05) is 22.2 Å². The number of rotatable bonds is 3. The van der Waals surface area contributed by atoms with Crippen molar-refractivity contribution >= 4 is 28.3 Å². The van der Waals surface area contributed by atoms with Crippen molar-refractivity contribution in [2.45, 2.75) is 13.0 Å². The van der Waals surface area contributed by atoms with Crippen LogP contribution in [0.4, 0.5) is 5.69 Å².